The SMILES string of the molecule is CC(C)N1CCN(Cc2ccc(F)cc2)CC1. The van der Waals surface area contributed by atoms with Gasteiger partial charge in [0.25, 0.3) is 0 Å². The molecule has 1 aromatic rings. The summed E-state index contributed by atoms with van der Waals surface area (Å²) in [6.07, 6.45) is 0. The number of nitrogens with zero attached hydrogens (tertiary/aromatic N) is 2. The van der Waals surface area contributed by atoms with E-state index in [0.29, 0.717) is 6.04 Å². The normalized spacial score (nSPS) is 18.8. The summed E-state index contributed by atoms with van der Waals surface area (Å²) in [5.41, 5.74) is 1.20. The Bertz CT molecular complexity index is 340. The van der Waals surface area contributed by atoms with Crippen LogP contribution in [-0.4, -0.2) is 42.0 Å². The number of rotatable bonds is 3. The summed E-state index contributed by atoms with van der Waals surface area (Å²) in [4.78, 5) is 4.94. The molecule has 0 N–H and O–H groups in total. The van der Waals surface area contributed by atoms with Crippen molar-refractivity contribution in [2.45, 2.75) is 26.4 Å². The Kier molecular flexibility index (Phi) is 4.13. The lowest BCUT2D eigenvalue weighted by atomic mass is 10.2. The van der Waals surface area contributed by atoms with Crippen molar-refractivity contribution in [1.29, 1.82) is 0 Å². The molecule has 17 heavy (non-hydrogen) atoms. The smallest absolute Gasteiger partial charge is 0.123 e. The number of halogens is 1. The quantitative estimate of drug-likeness (QED) is 0.795. The molecule has 0 spiro atoms. The molecular weight excluding hydrogens is 215 g/mol. The van der Waals surface area contributed by atoms with Gasteiger partial charge in [-0.1, -0.05) is 12.1 Å². The van der Waals surface area contributed by atoms with Crippen molar-refractivity contribution in [2.75, 3.05) is 26.2 Å². The molecule has 0 radical (unpaired) electrons. The summed E-state index contributed by atoms with van der Waals surface area (Å²) in [7, 11) is 0. The standard InChI is InChI=1S/C14H21FN2/c1-12(2)17-9-7-16(8-10-17)11-13-3-5-14(15)6-4-13/h3-6,12H,7-11H2,1-2H3. The zero-order valence-corrected chi connectivity index (χ0v) is 10.7. The van der Waals surface area contributed by atoms with Gasteiger partial charge in [0.2, 0.25) is 0 Å². The minimum absolute atomic E-state index is 0.154. The average molecular weight is 236 g/mol. The van der Waals surface area contributed by atoms with Crippen molar-refractivity contribution in [3.05, 3.63) is 35.6 Å². The van der Waals surface area contributed by atoms with E-state index in [2.05, 4.69) is 23.6 Å². The Labute approximate surface area is 103 Å². The number of piperazine rings is 1. The fraction of sp³-hybridized carbons (Fsp3) is 0.571. The van der Waals surface area contributed by atoms with E-state index in [4.69, 9.17) is 0 Å². The molecule has 1 heterocycles. The molecule has 0 saturated carbocycles. The van der Waals surface area contributed by atoms with E-state index in [9.17, 15) is 4.39 Å². The third-order valence-electron chi connectivity index (χ3n) is 3.46. The van der Waals surface area contributed by atoms with Crippen LogP contribution in [0.25, 0.3) is 0 Å². The van der Waals surface area contributed by atoms with Gasteiger partial charge in [-0.3, -0.25) is 9.80 Å². The van der Waals surface area contributed by atoms with Gasteiger partial charge >= 0.3 is 0 Å². The summed E-state index contributed by atoms with van der Waals surface area (Å²) in [6.45, 7) is 9.92. The van der Waals surface area contributed by atoms with E-state index in [1.54, 1.807) is 12.1 Å². The van der Waals surface area contributed by atoms with Crippen LogP contribution < -0.4 is 0 Å². The van der Waals surface area contributed by atoms with Gasteiger partial charge in [-0.05, 0) is 31.5 Å². The third-order valence-corrected chi connectivity index (χ3v) is 3.46. The molecule has 0 aromatic heterocycles. The molecule has 1 fully saturated rings. The van der Waals surface area contributed by atoms with Crippen LogP contribution in [0, 0.1) is 5.82 Å². The van der Waals surface area contributed by atoms with Gasteiger partial charge in [0.1, 0.15) is 5.82 Å². The van der Waals surface area contributed by atoms with Crippen LogP contribution in [0.1, 0.15) is 19.4 Å². The van der Waals surface area contributed by atoms with Gasteiger partial charge in [-0.15, -0.1) is 0 Å². The predicted octanol–water partition coefficient (Wildman–Crippen LogP) is 2.35. The minimum atomic E-state index is -0.154. The minimum Gasteiger partial charge on any atom is -0.298 e. The van der Waals surface area contributed by atoms with Crippen LogP contribution in [0.4, 0.5) is 4.39 Å². The molecular formula is C14H21FN2. The summed E-state index contributed by atoms with van der Waals surface area (Å²) in [5, 5.41) is 0. The molecule has 94 valence electrons. The summed E-state index contributed by atoms with van der Waals surface area (Å²) in [6, 6.07) is 7.48. The van der Waals surface area contributed by atoms with E-state index in [-0.39, 0.29) is 5.82 Å². The number of benzene rings is 1. The van der Waals surface area contributed by atoms with Gasteiger partial charge in [-0.25, -0.2) is 4.39 Å². The highest BCUT2D eigenvalue weighted by Gasteiger charge is 2.18. The van der Waals surface area contributed by atoms with Gasteiger partial charge in [-0.2, -0.15) is 0 Å². The fourth-order valence-corrected chi connectivity index (χ4v) is 2.29. The van der Waals surface area contributed by atoms with E-state index >= 15 is 0 Å². The van der Waals surface area contributed by atoms with Crippen LogP contribution >= 0.6 is 0 Å². The second kappa shape index (κ2) is 5.61. The molecule has 0 unspecified atom stereocenters. The van der Waals surface area contributed by atoms with Crippen molar-refractivity contribution in [3.8, 4) is 0 Å². The van der Waals surface area contributed by atoms with E-state index < -0.39 is 0 Å². The molecule has 0 atom stereocenters. The molecule has 1 aliphatic rings. The molecule has 2 rings (SSSR count). The molecule has 0 amide bonds. The Balaban J connectivity index is 1.84. The molecule has 2 nitrogen and oxygen atoms in total. The largest absolute Gasteiger partial charge is 0.298 e. The Morgan fingerprint density at radius 2 is 1.65 bits per heavy atom. The van der Waals surface area contributed by atoms with Crippen LogP contribution in [0.3, 0.4) is 0 Å². The second-order valence-electron chi connectivity index (χ2n) is 5.03. The maximum absolute atomic E-state index is 12.8. The first-order chi connectivity index (χ1) is 8.15. The lowest BCUT2D eigenvalue weighted by Crippen LogP contribution is -2.48. The maximum atomic E-state index is 12.8. The van der Waals surface area contributed by atoms with Gasteiger partial charge in [0.05, 0.1) is 0 Å². The first-order valence-corrected chi connectivity index (χ1v) is 6.36. The van der Waals surface area contributed by atoms with Gasteiger partial charge in [0.15, 0.2) is 0 Å². The second-order valence-corrected chi connectivity index (χ2v) is 5.03. The summed E-state index contributed by atoms with van der Waals surface area (Å²) >= 11 is 0. The molecule has 3 heteroatoms. The molecule has 0 bridgehead atoms. The van der Waals surface area contributed by atoms with E-state index in [1.165, 1.54) is 5.56 Å². The lowest BCUT2D eigenvalue weighted by Gasteiger charge is -2.36. The highest BCUT2D eigenvalue weighted by atomic mass is 19.1. The summed E-state index contributed by atoms with van der Waals surface area (Å²) in [5.74, 6) is -0.154. The topological polar surface area (TPSA) is 6.48 Å². The van der Waals surface area contributed by atoms with Crippen molar-refractivity contribution in [2.24, 2.45) is 0 Å². The monoisotopic (exact) mass is 236 g/mol. The fourth-order valence-electron chi connectivity index (χ4n) is 2.29. The van der Waals surface area contributed by atoms with Gasteiger partial charge < -0.3 is 0 Å². The molecule has 1 saturated heterocycles. The molecule has 0 aliphatic carbocycles. The zero-order valence-electron chi connectivity index (χ0n) is 10.7. The molecule has 1 aromatic carbocycles. The highest BCUT2D eigenvalue weighted by Crippen LogP contribution is 2.10. The zero-order chi connectivity index (χ0) is 12.3. The first kappa shape index (κ1) is 12.5. The number of hydrogen-bond donors (Lipinski definition) is 0. The van der Waals surface area contributed by atoms with Crippen molar-refractivity contribution < 1.29 is 4.39 Å². The van der Waals surface area contributed by atoms with Crippen molar-refractivity contribution in [3.63, 3.8) is 0 Å². The van der Waals surface area contributed by atoms with Crippen LogP contribution in [0.5, 0.6) is 0 Å². The van der Waals surface area contributed by atoms with Crippen LogP contribution in [0.2, 0.25) is 0 Å². The predicted molar refractivity (Wildman–Crippen MR) is 68.4 cm³/mol. The Hall–Kier alpha value is -0.930. The summed E-state index contributed by atoms with van der Waals surface area (Å²) < 4.78 is 12.8. The Morgan fingerprint density at radius 3 is 2.18 bits per heavy atom. The number of hydrogen-bond acceptors (Lipinski definition) is 2. The lowest BCUT2D eigenvalue weighted by molar-refractivity contribution is 0.104. The Morgan fingerprint density at radius 1 is 1.06 bits per heavy atom. The third kappa shape index (κ3) is 3.51. The average Bonchev–Trinajstić information content (AvgIpc) is 2.33. The van der Waals surface area contributed by atoms with Gasteiger partial charge in [0, 0.05) is 38.8 Å². The van der Waals surface area contributed by atoms with E-state index in [1.807, 2.05) is 12.1 Å². The van der Waals surface area contributed by atoms with E-state index in [0.717, 1.165) is 32.7 Å². The first-order valence-electron chi connectivity index (χ1n) is 6.36. The highest BCUT2D eigenvalue weighted by molar-refractivity contribution is 5.15. The maximum Gasteiger partial charge on any atom is 0.123 e. The molecule has 1 aliphatic heterocycles. The van der Waals surface area contributed by atoms with Crippen molar-refractivity contribution in [1.82, 2.24) is 9.80 Å². The van der Waals surface area contributed by atoms with Crippen molar-refractivity contribution >= 4 is 0 Å². The van der Waals surface area contributed by atoms with Crippen LogP contribution in [0.15, 0.2) is 24.3 Å². The van der Waals surface area contributed by atoms with Crippen LogP contribution in [-0.2, 0) is 6.54 Å².